The van der Waals surface area contributed by atoms with E-state index in [-0.39, 0.29) is 6.04 Å². The lowest BCUT2D eigenvalue weighted by molar-refractivity contribution is 0.318. The number of nitrogens with two attached hydrogens (primary N) is 1. The van der Waals surface area contributed by atoms with Crippen molar-refractivity contribution in [3.8, 4) is 0 Å². The van der Waals surface area contributed by atoms with Crippen LogP contribution in [0.25, 0.3) is 0 Å². The maximum absolute atomic E-state index is 6.20. The number of nitrogens with zero attached hydrogens (tertiary/aromatic N) is 2. The molecular weight excluding hydrogens is 257 g/mol. The summed E-state index contributed by atoms with van der Waals surface area (Å²) in [4.78, 5) is 6.51. The average Bonchev–Trinajstić information content (AvgIpc) is 2.52. The van der Waals surface area contributed by atoms with Gasteiger partial charge in [0, 0.05) is 42.0 Å². The third-order valence-electron chi connectivity index (χ3n) is 3.28. The van der Waals surface area contributed by atoms with E-state index in [4.69, 9.17) is 28.9 Å². The first-order valence-corrected chi connectivity index (χ1v) is 6.52. The van der Waals surface area contributed by atoms with Gasteiger partial charge in [0.1, 0.15) is 5.15 Å². The number of hydrogen-bond acceptors (Lipinski definition) is 3. The van der Waals surface area contributed by atoms with Crippen molar-refractivity contribution < 1.29 is 0 Å². The molecule has 0 saturated carbocycles. The van der Waals surface area contributed by atoms with Crippen molar-refractivity contribution >= 4 is 23.2 Å². The molecule has 0 amide bonds. The molecule has 2 unspecified atom stereocenters. The van der Waals surface area contributed by atoms with Crippen molar-refractivity contribution in [2.24, 2.45) is 11.7 Å². The molecule has 0 radical (unpaired) electrons. The van der Waals surface area contributed by atoms with E-state index in [0.717, 1.165) is 30.9 Å². The smallest absolute Gasteiger partial charge is 0.135 e. The maximum Gasteiger partial charge on any atom is 0.135 e. The fourth-order valence-electron chi connectivity index (χ4n) is 2.21. The monoisotopic (exact) mass is 273 g/mol. The summed E-state index contributed by atoms with van der Waals surface area (Å²) in [6.45, 7) is 6.66. The van der Waals surface area contributed by atoms with Crippen LogP contribution in [-0.2, 0) is 6.54 Å². The van der Waals surface area contributed by atoms with Gasteiger partial charge in [0.15, 0.2) is 0 Å². The van der Waals surface area contributed by atoms with Gasteiger partial charge in [-0.15, -0.1) is 0 Å². The van der Waals surface area contributed by atoms with Gasteiger partial charge in [0.25, 0.3) is 0 Å². The molecule has 94 valence electrons. The molecule has 2 atom stereocenters. The second kappa shape index (κ2) is 5.11. The lowest BCUT2D eigenvalue weighted by Crippen LogP contribution is -2.28. The molecule has 1 aromatic heterocycles. The van der Waals surface area contributed by atoms with Gasteiger partial charge >= 0.3 is 0 Å². The van der Waals surface area contributed by atoms with Crippen molar-refractivity contribution in [1.82, 2.24) is 9.88 Å². The van der Waals surface area contributed by atoms with Crippen LogP contribution in [0.15, 0.2) is 6.07 Å². The number of hydrogen-bond donors (Lipinski definition) is 1. The third kappa shape index (κ3) is 2.91. The van der Waals surface area contributed by atoms with Crippen molar-refractivity contribution in [1.29, 1.82) is 0 Å². The number of rotatable bonds is 2. The summed E-state index contributed by atoms with van der Waals surface area (Å²) < 4.78 is 0. The number of pyridine rings is 1. The maximum atomic E-state index is 6.20. The van der Waals surface area contributed by atoms with Gasteiger partial charge in [-0.05, 0) is 18.9 Å². The Labute approximate surface area is 112 Å². The first-order valence-electron chi connectivity index (χ1n) is 5.77. The Morgan fingerprint density at radius 3 is 2.71 bits per heavy atom. The van der Waals surface area contributed by atoms with Crippen molar-refractivity contribution in [3.05, 3.63) is 27.5 Å². The second-order valence-electron chi connectivity index (χ2n) is 4.85. The highest BCUT2D eigenvalue weighted by Crippen LogP contribution is 2.27. The van der Waals surface area contributed by atoms with Crippen molar-refractivity contribution in [2.45, 2.75) is 26.4 Å². The molecule has 0 bridgehead atoms. The molecule has 1 aliphatic heterocycles. The highest BCUT2D eigenvalue weighted by atomic mass is 35.5. The topological polar surface area (TPSA) is 42.1 Å². The normalized spacial score (nSPS) is 25.5. The molecule has 0 aliphatic carbocycles. The predicted octanol–water partition coefficient (Wildman–Crippen LogP) is 2.48. The van der Waals surface area contributed by atoms with Gasteiger partial charge in [-0.25, -0.2) is 4.98 Å². The van der Waals surface area contributed by atoms with Gasteiger partial charge < -0.3 is 5.73 Å². The zero-order valence-electron chi connectivity index (χ0n) is 10.1. The van der Waals surface area contributed by atoms with Crippen LogP contribution < -0.4 is 5.73 Å². The first kappa shape index (κ1) is 13.1. The first-order chi connectivity index (χ1) is 7.97. The van der Waals surface area contributed by atoms with Crippen LogP contribution in [-0.4, -0.2) is 29.0 Å². The van der Waals surface area contributed by atoms with E-state index in [9.17, 15) is 0 Å². The van der Waals surface area contributed by atoms with Crippen LogP contribution in [0.4, 0.5) is 0 Å². The van der Waals surface area contributed by atoms with Crippen LogP contribution in [0.3, 0.4) is 0 Å². The molecule has 1 aromatic rings. The molecule has 0 spiro atoms. The number of aromatic nitrogens is 1. The minimum atomic E-state index is 0.242. The van der Waals surface area contributed by atoms with E-state index in [2.05, 4.69) is 16.8 Å². The van der Waals surface area contributed by atoms with E-state index < -0.39 is 0 Å². The summed E-state index contributed by atoms with van der Waals surface area (Å²) in [5.74, 6) is 0.519. The second-order valence-corrected chi connectivity index (χ2v) is 5.62. The molecule has 1 aliphatic rings. The fourth-order valence-corrected chi connectivity index (χ4v) is 2.86. The Bertz CT molecular complexity index is 389. The van der Waals surface area contributed by atoms with Gasteiger partial charge in [0.05, 0.1) is 0 Å². The quantitative estimate of drug-likeness (QED) is 0.842. The summed E-state index contributed by atoms with van der Waals surface area (Å²) in [5, 5.41) is 1.19. The molecule has 3 nitrogen and oxygen atoms in total. The molecule has 2 heterocycles. The minimum absolute atomic E-state index is 0.242. The Morgan fingerprint density at radius 1 is 1.47 bits per heavy atom. The molecule has 17 heavy (non-hydrogen) atoms. The van der Waals surface area contributed by atoms with Gasteiger partial charge in [-0.2, -0.15) is 0 Å². The average molecular weight is 274 g/mol. The standard InChI is InChI=1S/C12H17Cl2N3/c1-7-4-17(6-11(7)15)5-9-10(13)3-8(2)16-12(9)14/h3,7,11H,4-6,15H2,1-2H3. The summed E-state index contributed by atoms with van der Waals surface area (Å²) in [6, 6.07) is 2.09. The minimum Gasteiger partial charge on any atom is -0.326 e. The fraction of sp³-hybridized carbons (Fsp3) is 0.583. The Hall–Kier alpha value is -0.350. The van der Waals surface area contributed by atoms with E-state index in [0.29, 0.717) is 16.1 Å². The van der Waals surface area contributed by atoms with Crippen molar-refractivity contribution in [3.63, 3.8) is 0 Å². The van der Waals surface area contributed by atoms with Crippen LogP contribution in [0.1, 0.15) is 18.2 Å². The van der Waals surface area contributed by atoms with E-state index in [1.807, 2.05) is 13.0 Å². The van der Waals surface area contributed by atoms with Crippen LogP contribution in [0.2, 0.25) is 10.2 Å². The number of halogens is 2. The predicted molar refractivity (Wildman–Crippen MR) is 71.4 cm³/mol. The Balaban J connectivity index is 2.14. The highest BCUT2D eigenvalue weighted by molar-refractivity contribution is 6.35. The molecular formula is C12H17Cl2N3. The molecule has 0 aromatic carbocycles. The number of aryl methyl sites for hydroxylation is 1. The summed E-state index contributed by atoms with van der Waals surface area (Å²) in [6.07, 6.45) is 0. The van der Waals surface area contributed by atoms with E-state index in [1.54, 1.807) is 0 Å². The molecule has 5 heteroatoms. The summed E-state index contributed by atoms with van der Waals surface area (Å²) in [7, 11) is 0. The lowest BCUT2D eigenvalue weighted by Gasteiger charge is -2.17. The molecule has 1 fully saturated rings. The van der Waals surface area contributed by atoms with Gasteiger partial charge in [0.2, 0.25) is 0 Å². The SMILES string of the molecule is Cc1cc(Cl)c(CN2CC(C)C(N)C2)c(Cl)n1. The van der Waals surface area contributed by atoms with Gasteiger partial charge in [-0.3, -0.25) is 4.90 Å². The lowest BCUT2D eigenvalue weighted by atomic mass is 10.1. The highest BCUT2D eigenvalue weighted by Gasteiger charge is 2.27. The largest absolute Gasteiger partial charge is 0.326 e. The Kier molecular flexibility index (Phi) is 3.93. The van der Waals surface area contributed by atoms with Crippen molar-refractivity contribution in [2.75, 3.05) is 13.1 Å². The number of likely N-dealkylation sites (tertiary alicyclic amines) is 1. The third-order valence-corrected chi connectivity index (χ3v) is 3.93. The van der Waals surface area contributed by atoms with E-state index in [1.165, 1.54) is 0 Å². The van der Waals surface area contributed by atoms with Crippen LogP contribution in [0, 0.1) is 12.8 Å². The zero-order chi connectivity index (χ0) is 12.6. The Morgan fingerprint density at radius 2 is 2.18 bits per heavy atom. The molecule has 2 rings (SSSR count). The molecule has 2 N–H and O–H groups in total. The summed E-state index contributed by atoms with van der Waals surface area (Å²) in [5.41, 5.74) is 7.75. The summed E-state index contributed by atoms with van der Waals surface area (Å²) >= 11 is 12.3. The van der Waals surface area contributed by atoms with Gasteiger partial charge in [-0.1, -0.05) is 30.1 Å². The van der Waals surface area contributed by atoms with E-state index >= 15 is 0 Å². The van der Waals surface area contributed by atoms with Crippen LogP contribution >= 0.6 is 23.2 Å². The van der Waals surface area contributed by atoms with Crippen LogP contribution in [0.5, 0.6) is 0 Å². The zero-order valence-corrected chi connectivity index (χ0v) is 11.6. The molecule has 1 saturated heterocycles.